The maximum Gasteiger partial charge on any atom is 0.145 e. The summed E-state index contributed by atoms with van der Waals surface area (Å²) in [5.41, 5.74) is 9.89. The van der Waals surface area contributed by atoms with E-state index in [-0.39, 0.29) is 0 Å². The van der Waals surface area contributed by atoms with Gasteiger partial charge in [0.1, 0.15) is 23.6 Å². The van der Waals surface area contributed by atoms with Crippen LogP contribution in [0.2, 0.25) is 0 Å². The van der Waals surface area contributed by atoms with E-state index in [2.05, 4.69) is 20.3 Å². The lowest BCUT2D eigenvalue weighted by Crippen LogP contribution is -2.08. The topological polar surface area (TPSA) is 81.7 Å². The van der Waals surface area contributed by atoms with Gasteiger partial charge >= 0.3 is 0 Å². The van der Waals surface area contributed by atoms with E-state index in [1.807, 2.05) is 43.8 Å². The Morgan fingerprint density at radius 3 is 2.86 bits per heavy atom. The average molecular weight is 282 g/mol. The van der Waals surface area contributed by atoms with E-state index in [1.54, 1.807) is 6.33 Å². The smallest absolute Gasteiger partial charge is 0.145 e. The van der Waals surface area contributed by atoms with Gasteiger partial charge in [0.25, 0.3) is 0 Å². The zero-order valence-corrected chi connectivity index (χ0v) is 12.4. The normalized spacial score (nSPS) is 11.0. The van der Waals surface area contributed by atoms with E-state index in [4.69, 9.17) is 5.73 Å². The molecule has 0 aliphatic rings. The first kappa shape index (κ1) is 13.4. The third-order valence-corrected chi connectivity index (χ3v) is 3.67. The van der Waals surface area contributed by atoms with E-state index in [0.29, 0.717) is 12.4 Å². The summed E-state index contributed by atoms with van der Waals surface area (Å²) >= 11 is 0. The van der Waals surface area contributed by atoms with Gasteiger partial charge in [0.15, 0.2) is 0 Å². The molecule has 6 nitrogen and oxygen atoms in total. The first-order valence-electron chi connectivity index (χ1n) is 6.78. The molecule has 0 fully saturated rings. The molecule has 0 unspecified atom stereocenters. The molecule has 3 rings (SSSR count). The standard InChI is InChI=1S/C15H18N6/c1-9-6-13(16)20-10(2)12(9)7-17-14-11-4-5-21(3)15(11)19-8-18-14/h4-6,8H,7H2,1-3H3,(H2,16,20)(H,17,18,19). The van der Waals surface area contributed by atoms with Gasteiger partial charge < -0.3 is 15.6 Å². The van der Waals surface area contributed by atoms with Crippen LogP contribution in [-0.2, 0) is 13.6 Å². The summed E-state index contributed by atoms with van der Waals surface area (Å²) in [5, 5.41) is 4.39. The third kappa shape index (κ3) is 2.40. The highest BCUT2D eigenvalue weighted by Gasteiger charge is 2.09. The van der Waals surface area contributed by atoms with Gasteiger partial charge in [0.05, 0.1) is 5.39 Å². The second kappa shape index (κ2) is 5.05. The zero-order chi connectivity index (χ0) is 15.0. The predicted molar refractivity (Wildman–Crippen MR) is 84.0 cm³/mol. The molecule has 0 radical (unpaired) electrons. The van der Waals surface area contributed by atoms with Crippen molar-refractivity contribution in [2.24, 2.45) is 7.05 Å². The summed E-state index contributed by atoms with van der Waals surface area (Å²) in [6, 6.07) is 3.90. The molecule has 0 aromatic carbocycles. The van der Waals surface area contributed by atoms with Crippen molar-refractivity contribution >= 4 is 22.7 Å². The van der Waals surface area contributed by atoms with E-state index >= 15 is 0 Å². The fourth-order valence-electron chi connectivity index (χ4n) is 2.55. The number of aromatic nitrogens is 4. The monoisotopic (exact) mass is 282 g/mol. The molecule has 0 atom stereocenters. The lowest BCUT2D eigenvalue weighted by molar-refractivity contribution is 0.942. The molecule has 0 amide bonds. The predicted octanol–water partition coefficient (Wildman–Crippen LogP) is 2.17. The Hall–Kier alpha value is -2.63. The number of pyridine rings is 1. The van der Waals surface area contributed by atoms with Crippen molar-refractivity contribution in [2.45, 2.75) is 20.4 Å². The van der Waals surface area contributed by atoms with Crippen LogP contribution in [0, 0.1) is 13.8 Å². The number of rotatable bonds is 3. The summed E-state index contributed by atoms with van der Waals surface area (Å²) in [5.74, 6) is 1.39. The van der Waals surface area contributed by atoms with Crippen LogP contribution in [0.1, 0.15) is 16.8 Å². The molecule has 3 aromatic heterocycles. The molecule has 108 valence electrons. The molecule has 0 saturated carbocycles. The minimum absolute atomic E-state index is 0.557. The second-order valence-corrected chi connectivity index (χ2v) is 5.17. The van der Waals surface area contributed by atoms with Crippen molar-refractivity contribution in [2.75, 3.05) is 11.1 Å². The number of hydrogen-bond donors (Lipinski definition) is 2. The van der Waals surface area contributed by atoms with Gasteiger partial charge in [-0.1, -0.05) is 0 Å². The molecular weight excluding hydrogens is 264 g/mol. The maximum absolute atomic E-state index is 5.76. The van der Waals surface area contributed by atoms with Crippen molar-refractivity contribution < 1.29 is 0 Å². The Kier molecular flexibility index (Phi) is 3.21. The van der Waals surface area contributed by atoms with Crippen LogP contribution < -0.4 is 11.1 Å². The molecule has 3 heterocycles. The van der Waals surface area contributed by atoms with E-state index < -0.39 is 0 Å². The number of nitrogens with two attached hydrogens (primary N) is 1. The quantitative estimate of drug-likeness (QED) is 0.769. The number of fused-ring (bicyclic) bond motifs is 1. The molecule has 21 heavy (non-hydrogen) atoms. The molecule has 3 aromatic rings. The second-order valence-electron chi connectivity index (χ2n) is 5.17. The number of nitrogens with one attached hydrogen (secondary N) is 1. The van der Waals surface area contributed by atoms with Gasteiger partial charge in [-0.2, -0.15) is 0 Å². The molecule has 6 heteroatoms. The fraction of sp³-hybridized carbons (Fsp3) is 0.267. The molecule has 0 spiro atoms. The zero-order valence-electron chi connectivity index (χ0n) is 12.4. The molecule has 0 aliphatic carbocycles. The third-order valence-electron chi connectivity index (χ3n) is 3.67. The highest BCUT2D eigenvalue weighted by molar-refractivity contribution is 5.87. The van der Waals surface area contributed by atoms with Crippen LogP contribution in [0.25, 0.3) is 11.0 Å². The molecule has 0 saturated heterocycles. The van der Waals surface area contributed by atoms with Gasteiger partial charge in [0.2, 0.25) is 0 Å². The highest BCUT2D eigenvalue weighted by atomic mass is 15.1. The van der Waals surface area contributed by atoms with Crippen LogP contribution in [0.5, 0.6) is 0 Å². The maximum atomic E-state index is 5.76. The summed E-state index contributed by atoms with van der Waals surface area (Å²) in [7, 11) is 1.97. The highest BCUT2D eigenvalue weighted by Crippen LogP contribution is 2.21. The Morgan fingerprint density at radius 1 is 1.29 bits per heavy atom. The van der Waals surface area contributed by atoms with Crippen LogP contribution in [-0.4, -0.2) is 19.5 Å². The summed E-state index contributed by atoms with van der Waals surface area (Å²) < 4.78 is 1.98. The van der Waals surface area contributed by atoms with E-state index in [1.165, 1.54) is 0 Å². The first-order chi connectivity index (χ1) is 10.1. The lowest BCUT2D eigenvalue weighted by Gasteiger charge is -2.12. The van der Waals surface area contributed by atoms with Gasteiger partial charge in [-0.25, -0.2) is 15.0 Å². The largest absolute Gasteiger partial charge is 0.384 e. The molecular formula is C15H18N6. The lowest BCUT2D eigenvalue weighted by atomic mass is 10.1. The Bertz CT molecular complexity index is 782. The number of nitrogens with zero attached hydrogens (tertiary/aromatic N) is 4. The van der Waals surface area contributed by atoms with Crippen molar-refractivity contribution in [1.82, 2.24) is 19.5 Å². The van der Waals surface area contributed by atoms with Gasteiger partial charge in [-0.3, -0.25) is 0 Å². The van der Waals surface area contributed by atoms with Crippen LogP contribution in [0.15, 0.2) is 24.7 Å². The van der Waals surface area contributed by atoms with E-state index in [0.717, 1.165) is 33.7 Å². The molecule has 3 N–H and O–H groups in total. The number of hydrogen-bond acceptors (Lipinski definition) is 5. The Morgan fingerprint density at radius 2 is 2.10 bits per heavy atom. The average Bonchev–Trinajstić information content (AvgIpc) is 2.80. The molecule has 0 aliphatic heterocycles. The summed E-state index contributed by atoms with van der Waals surface area (Å²) in [6.45, 7) is 4.67. The van der Waals surface area contributed by atoms with Crippen molar-refractivity contribution in [3.8, 4) is 0 Å². The van der Waals surface area contributed by atoms with Crippen LogP contribution in [0.4, 0.5) is 11.6 Å². The summed E-state index contributed by atoms with van der Waals surface area (Å²) in [4.78, 5) is 12.9. The van der Waals surface area contributed by atoms with Gasteiger partial charge in [-0.15, -0.1) is 0 Å². The fourth-order valence-corrected chi connectivity index (χ4v) is 2.55. The van der Waals surface area contributed by atoms with Crippen molar-refractivity contribution in [1.29, 1.82) is 0 Å². The van der Waals surface area contributed by atoms with Crippen molar-refractivity contribution in [3.05, 3.63) is 41.5 Å². The van der Waals surface area contributed by atoms with Crippen molar-refractivity contribution in [3.63, 3.8) is 0 Å². The first-order valence-corrected chi connectivity index (χ1v) is 6.78. The number of aryl methyl sites for hydroxylation is 3. The number of nitrogen functional groups attached to an aromatic ring is 1. The Balaban J connectivity index is 1.91. The molecule has 0 bridgehead atoms. The van der Waals surface area contributed by atoms with Gasteiger partial charge in [0, 0.05) is 25.5 Å². The number of anilines is 2. The Labute approximate surface area is 123 Å². The minimum atomic E-state index is 0.557. The van der Waals surface area contributed by atoms with Crippen LogP contribution >= 0.6 is 0 Å². The van der Waals surface area contributed by atoms with E-state index in [9.17, 15) is 0 Å². The summed E-state index contributed by atoms with van der Waals surface area (Å²) in [6.07, 6.45) is 3.55. The van der Waals surface area contributed by atoms with Crippen LogP contribution in [0.3, 0.4) is 0 Å². The van der Waals surface area contributed by atoms with Gasteiger partial charge in [-0.05, 0) is 37.1 Å². The minimum Gasteiger partial charge on any atom is -0.384 e. The SMILES string of the molecule is Cc1cc(N)nc(C)c1CNc1ncnc2c1ccn2C.